The molecule has 31 heavy (non-hydrogen) atoms. The number of hydrogen-bond donors (Lipinski definition) is 5. The van der Waals surface area contributed by atoms with E-state index in [0.29, 0.717) is 11.3 Å². The monoisotopic (exact) mass is 454 g/mol. The average molecular weight is 455 g/mol. The van der Waals surface area contributed by atoms with E-state index in [-0.39, 0.29) is 28.2 Å². The maximum Gasteiger partial charge on any atom is 0.417 e. The third kappa shape index (κ3) is 4.57. The first-order valence-electron chi connectivity index (χ1n) is 9.72. The highest BCUT2D eigenvalue weighted by Crippen LogP contribution is 2.43. The van der Waals surface area contributed by atoms with Crippen molar-refractivity contribution in [1.29, 1.82) is 0 Å². The van der Waals surface area contributed by atoms with E-state index in [0.717, 1.165) is 32.0 Å². The molecular weight excluding hydrogens is 433 g/mol. The predicted molar refractivity (Wildman–Crippen MR) is 112 cm³/mol. The van der Waals surface area contributed by atoms with Crippen LogP contribution in [0, 0.1) is 0 Å². The van der Waals surface area contributed by atoms with Crippen molar-refractivity contribution in [2.45, 2.75) is 30.9 Å². The van der Waals surface area contributed by atoms with E-state index in [9.17, 15) is 13.2 Å². The van der Waals surface area contributed by atoms with E-state index in [2.05, 4.69) is 21.2 Å². The predicted octanol–water partition coefficient (Wildman–Crippen LogP) is 2.65. The van der Waals surface area contributed by atoms with Crippen LogP contribution in [0.1, 0.15) is 24.0 Å². The molecule has 0 radical (unpaired) electrons. The number of ether oxygens (including phenoxy) is 1. The number of piperidine rings is 1. The molecule has 11 heteroatoms. The van der Waals surface area contributed by atoms with Gasteiger partial charge in [-0.05, 0) is 49.2 Å². The Balaban J connectivity index is 1.69. The molecule has 0 bridgehead atoms. The topological polar surface area (TPSA) is 110 Å². The Morgan fingerprint density at radius 2 is 1.94 bits per heavy atom. The van der Waals surface area contributed by atoms with Gasteiger partial charge in [-0.1, -0.05) is 23.7 Å². The standard InChI is InChI=1S/C20H22ClF3N6O/c21-16-9-12(20(26)28-18(25)29-30-20)8-15(19(22,23)24)17(16)11-3-5-13(6-4-11)31-14-2-1-7-27-10-14/h3-6,8-9,14,27,30H,1-2,7,10,26H2,(H3,25,28,29). The van der Waals surface area contributed by atoms with Gasteiger partial charge in [0.15, 0.2) is 0 Å². The van der Waals surface area contributed by atoms with Crippen molar-refractivity contribution >= 4 is 17.6 Å². The lowest BCUT2D eigenvalue weighted by Gasteiger charge is -2.25. The summed E-state index contributed by atoms with van der Waals surface area (Å²) in [6.45, 7) is 1.70. The van der Waals surface area contributed by atoms with Gasteiger partial charge in [-0.15, -0.1) is 0 Å². The van der Waals surface area contributed by atoms with Crippen LogP contribution < -0.4 is 32.4 Å². The molecule has 7 N–H and O–H groups in total. The van der Waals surface area contributed by atoms with Gasteiger partial charge in [0, 0.05) is 22.7 Å². The first-order chi connectivity index (χ1) is 14.7. The van der Waals surface area contributed by atoms with E-state index in [4.69, 9.17) is 27.8 Å². The van der Waals surface area contributed by atoms with E-state index >= 15 is 0 Å². The molecule has 1 saturated heterocycles. The number of nitrogens with one attached hydrogen (secondary N) is 3. The minimum Gasteiger partial charge on any atom is -0.489 e. The van der Waals surface area contributed by atoms with Crippen LogP contribution >= 0.6 is 11.6 Å². The van der Waals surface area contributed by atoms with Crippen molar-refractivity contribution in [3.05, 3.63) is 52.5 Å². The Morgan fingerprint density at radius 3 is 2.52 bits per heavy atom. The van der Waals surface area contributed by atoms with Crippen LogP contribution in [0.25, 0.3) is 11.1 Å². The fourth-order valence-corrected chi connectivity index (χ4v) is 4.03. The molecule has 166 valence electrons. The van der Waals surface area contributed by atoms with E-state index in [1.807, 2.05) is 0 Å². The molecule has 2 aromatic carbocycles. The number of benzene rings is 2. The van der Waals surface area contributed by atoms with Crippen molar-refractivity contribution in [3.63, 3.8) is 0 Å². The number of rotatable bonds is 4. The molecule has 2 aliphatic heterocycles. The van der Waals surface area contributed by atoms with Crippen molar-refractivity contribution in [2.24, 2.45) is 16.5 Å². The zero-order valence-corrected chi connectivity index (χ0v) is 17.1. The number of halogens is 4. The molecular formula is C20H22ClF3N6O. The van der Waals surface area contributed by atoms with Gasteiger partial charge in [0.1, 0.15) is 11.9 Å². The first kappa shape index (κ1) is 21.7. The maximum atomic E-state index is 13.9. The highest BCUT2D eigenvalue weighted by Gasteiger charge is 2.39. The normalized spacial score (nSPS) is 23.9. The average Bonchev–Trinajstić information content (AvgIpc) is 3.08. The lowest BCUT2D eigenvalue weighted by Crippen LogP contribution is -2.50. The summed E-state index contributed by atoms with van der Waals surface area (Å²) >= 11 is 6.32. The summed E-state index contributed by atoms with van der Waals surface area (Å²) in [7, 11) is 0. The van der Waals surface area contributed by atoms with Crippen molar-refractivity contribution in [3.8, 4) is 16.9 Å². The van der Waals surface area contributed by atoms with Gasteiger partial charge < -0.3 is 15.8 Å². The van der Waals surface area contributed by atoms with E-state index in [1.165, 1.54) is 6.07 Å². The second-order valence-corrected chi connectivity index (χ2v) is 7.91. The molecule has 0 spiro atoms. The number of aliphatic imine (C=N–C) groups is 1. The quantitative estimate of drug-likeness (QED) is 0.486. The van der Waals surface area contributed by atoms with Gasteiger partial charge in [-0.2, -0.15) is 18.6 Å². The van der Waals surface area contributed by atoms with Crippen LogP contribution in [0.2, 0.25) is 5.02 Å². The Bertz CT molecular complexity index is 992. The molecule has 2 atom stereocenters. The summed E-state index contributed by atoms with van der Waals surface area (Å²) < 4.78 is 47.7. The molecule has 2 aromatic rings. The molecule has 0 aromatic heterocycles. The summed E-state index contributed by atoms with van der Waals surface area (Å²) in [6.07, 6.45) is -2.69. The number of alkyl halides is 3. The Labute approximate surface area is 182 Å². The maximum absolute atomic E-state index is 13.9. The van der Waals surface area contributed by atoms with Crippen LogP contribution in [-0.4, -0.2) is 25.2 Å². The number of hydrazine groups is 1. The zero-order valence-electron chi connectivity index (χ0n) is 16.4. The summed E-state index contributed by atoms with van der Waals surface area (Å²) in [6, 6.07) is 8.69. The molecule has 0 aliphatic carbocycles. The van der Waals surface area contributed by atoms with Crippen molar-refractivity contribution in [2.75, 3.05) is 13.1 Å². The van der Waals surface area contributed by atoms with Crippen LogP contribution in [0.5, 0.6) is 5.75 Å². The van der Waals surface area contributed by atoms with Crippen molar-refractivity contribution in [1.82, 2.24) is 16.2 Å². The van der Waals surface area contributed by atoms with Crippen LogP contribution in [0.15, 0.2) is 41.4 Å². The minimum atomic E-state index is -4.67. The molecule has 0 saturated carbocycles. The largest absolute Gasteiger partial charge is 0.489 e. The van der Waals surface area contributed by atoms with Crippen LogP contribution in [0.4, 0.5) is 13.2 Å². The van der Waals surface area contributed by atoms with Gasteiger partial charge in [-0.3, -0.25) is 11.2 Å². The number of nitrogens with two attached hydrogens (primary N) is 2. The smallest absolute Gasteiger partial charge is 0.417 e. The Morgan fingerprint density at radius 1 is 1.19 bits per heavy atom. The fourth-order valence-electron chi connectivity index (χ4n) is 3.70. The SMILES string of the molecule is NC1=NC(N)(c2cc(Cl)c(-c3ccc(OC4CCCNC4)cc3)c(C(F)(F)F)c2)NN1. The first-order valence-corrected chi connectivity index (χ1v) is 10.1. The molecule has 7 nitrogen and oxygen atoms in total. The van der Waals surface area contributed by atoms with Crippen LogP contribution in [-0.2, 0) is 12.0 Å². The lowest BCUT2D eigenvalue weighted by molar-refractivity contribution is -0.137. The number of nitrogens with zero attached hydrogens (tertiary/aromatic N) is 1. The third-order valence-electron chi connectivity index (χ3n) is 5.21. The third-order valence-corrected chi connectivity index (χ3v) is 5.51. The molecule has 0 amide bonds. The second-order valence-electron chi connectivity index (χ2n) is 7.50. The second kappa shape index (κ2) is 8.19. The zero-order chi connectivity index (χ0) is 22.2. The van der Waals surface area contributed by atoms with Gasteiger partial charge in [0.05, 0.1) is 5.56 Å². The van der Waals surface area contributed by atoms with Gasteiger partial charge in [0.25, 0.3) is 0 Å². The van der Waals surface area contributed by atoms with E-state index in [1.54, 1.807) is 24.3 Å². The van der Waals surface area contributed by atoms with Crippen LogP contribution in [0.3, 0.4) is 0 Å². The molecule has 2 heterocycles. The molecule has 2 unspecified atom stereocenters. The summed E-state index contributed by atoms with van der Waals surface area (Å²) in [5, 5.41) is 3.14. The molecule has 2 aliphatic rings. The summed E-state index contributed by atoms with van der Waals surface area (Å²) in [5.74, 6) is -1.12. The highest BCUT2D eigenvalue weighted by molar-refractivity contribution is 6.33. The highest BCUT2D eigenvalue weighted by atomic mass is 35.5. The minimum absolute atomic E-state index is 0.0197. The Hall–Kier alpha value is -2.53. The van der Waals surface area contributed by atoms with Gasteiger partial charge >= 0.3 is 6.18 Å². The summed E-state index contributed by atoms with van der Waals surface area (Å²) in [4.78, 5) is 3.93. The summed E-state index contributed by atoms with van der Waals surface area (Å²) in [5.41, 5.74) is 15.9. The number of hydrogen-bond acceptors (Lipinski definition) is 7. The van der Waals surface area contributed by atoms with Gasteiger partial charge in [0.2, 0.25) is 11.7 Å². The Kier molecular flexibility index (Phi) is 5.73. The van der Waals surface area contributed by atoms with E-state index < -0.39 is 17.5 Å². The number of guanidine groups is 1. The molecule has 4 rings (SSSR count). The van der Waals surface area contributed by atoms with Gasteiger partial charge in [-0.25, -0.2) is 4.99 Å². The molecule has 1 fully saturated rings. The fraction of sp³-hybridized carbons (Fsp3) is 0.350. The van der Waals surface area contributed by atoms with Crippen molar-refractivity contribution < 1.29 is 17.9 Å². The lowest BCUT2D eigenvalue weighted by atomic mass is 9.95.